The molecule has 0 heterocycles. The second-order valence-electron chi connectivity index (χ2n) is 8.03. The van der Waals surface area contributed by atoms with Gasteiger partial charge in [0.05, 0.1) is 5.56 Å². The molecule has 0 radical (unpaired) electrons. The Kier molecular flexibility index (Phi) is 5.95. The molecule has 1 aliphatic carbocycles. The van der Waals surface area contributed by atoms with Crippen molar-refractivity contribution in [3.8, 4) is 11.8 Å². The van der Waals surface area contributed by atoms with Gasteiger partial charge in [0, 0.05) is 10.9 Å². The van der Waals surface area contributed by atoms with E-state index < -0.39 is 11.6 Å². The van der Waals surface area contributed by atoms with Crippen LogP contribution in [0.15, 0.2) is 61.2 Å². The van der Waals surface area contributed by atoms with Crippen LogP contribution in [0.25, 0.3) is 10.8 Å². The minimum absolute atomic E-state index is 0.207. The minimum Gasteiger partial charge on any atom is -0.206 e. The third kappa shape index (κ3) is 4.28. The van der Waals surface area contributed by atoms with Crippen LogP contribution < -0.4 is 0 Å². The largest absolute Gasteiger partial charge is 0.206 e. The summed E-state index contributed by atoms with van der Waals surface area (Å²) in [5.41, 5.74) is 2.00. The van der Waals surface area contributed by atoms with E-state index in [1.165, 1.54) is 12.1 Å². The Morgan fingerprint density at radius 1 is 0.867 bits per heavy atom. The molecule has 0 spiro atoms. The van der Waals surface area contributed by atoms with Crippen molar-refractivity contribution in [2.24, 2.45) is 5.92 Å². The van der Waals surface area contributed by atoms with E-state index in [1.807, 2.05) is 12.1 Å². The Balaban J connectivity index is 1.51. The summed E-state index contributed by atoms with van der Waals surface area (Å²) >= 11 is 0. The molecule has 3 aromatic rings. The molecule has 0 nitrogen and oxygen atoms in total. The zero-order chi connectivity index (χ0) is 21.1. The van der Waals surface area contributed by atoms with E-state index in [0.717, 1.165) is 43.7 Å². The molecular weight excluding hydrogens is 381 g/mol. The summed E-state index contributed by atoms with van der Waals surface area (Å²) < 4.78 is 41.8. The lowest BCUT2D eigenvalue weighted by atomic mass is 9.77. The van der Waals surface area contributed by atoms with E-state index in [-0.39, 0.29) is 11.2 Å². The summed E-state index contributed by atoms with van der Waals surface area (Å²) in [5.74, 6) is 4.85. The molecule has 0 amide bonds. The van der Waals surface area contributed by atoms with Crippen molar-refractivity contribution in [1.29, 1.82) is 0 Å². The molecule has 1 saturated carbocycles. The molecule has 152 valence electrons. The number of halogens is 3. The van der Waals surface area contributed by atoms with Crippen LogP contribution in [-0.2, 0) is 0 Å². The van der Waals surface area contributed by atoms with Crippen molar-refractivity contribution in [3.63, 3.8) is 0 Å². The summed E-state index contributed by atoms with van der Waals surface area (Å²) in [5, 5.41) is 0.766. The van der Waals surface area contributed by atoms with Gasteiger partial charge in [0.25, 0.3) is 0 Å². The fraction of sp³-hybridized carbons (Fsp3) is 0.259. The third-order valence-electron chi connectivity index (χ3n) is 6.06. The average Bonchev–Trinajstić information content (AvgIpc) is 2.76. The molecule has 4 rings (SSSR count). The van der Waals surface area contributed by atoms with Crippen molar-refractivity contribution in [1.82, 2.24) is 0 Å². The maximum absolute atomic E-state index is 14.6. The Morgan fingerprint density at radius 2 is 1.67 bits per heavy atom. The smallest absolute Gasteiger partial charge is 0.166 e. The van der Waals surface area contributed by atoms with Gasteiger partial charge in [-0.05, 0) is 85.2 Å². The first-order chi connectivity index (χ1) is 14.5. The minimum atomic E-state index is -0.877. The van der Waals surface area contributed by atoms with Gasteiger partial charge in [-0.15, -0.1) is 6.58 Å². The van der Waals surface area contributed by atoms with Gasteiger partial charge in [0.2, 0.25) is 0 Å². The first kappa shape index (κ1) is 20.3. The van der Waals surface area contributed by atoms with Gasteiger partial charge in [-0.25, -0.2) is 13.2 Å². The zero-order valence-corrected chi connectivity index (χ0v) is 16.7. The number of fused-ring (bicyclic) bond motifs is 1. The van der Waals surface area contributed by atoms with E-state index in [0.29, 0.717) is 28.3 Å². The summed E-state index contributed by atoms with van der Waals surface area (Å²) in [6, 6.07) is 12.7. The average molecular weight is 404 g/mol. The number of hydrogen-bond acceptors (Lipinski definition) is 0. The van der Waals surface area contributed by atoms with Gasteiger partial charge < -0.3 is 0 Å². The lowest BCUT2D eigenvalue weighted by molar-refractivity contribution is 0.328. The van der Waals surface area contributed by atoms with Crippen molar-refractivity contribution in [2.45, 2.75) is 38.0 Å². The molecule has 0 bridgehead atoms. The molecule has 0 atom stereocenters. The second kappa shape index (κ2) is 8.79. The molecule has 30 heavy (non-hydrogen) atoms. The maximum atomic E-state index is 14.6. The van der Waals surface area contributed by atoms with Crippen LogP contribution in [0, 0.1) is 35.2 Å². The normalized spacial score (nSPS) is 18.6. The topological polar surface area (TPSA) is 0 Å². The van der Waals surface area contributed by atoms with Crippen molar-refractivity contribution >= 4 is 10.8 Å². The van der Waals surface area contributed by atoms with Crippen molar-refractivity contribution in [3.05, 3.63) is 95.3 Å². The molecule has 0 N–H and O–H groups in total. The fourth-order valence-corrected chi connectivity index (χ4v) is 4.34. The van der Waals surface area contributed by atoms with E-state index >= 15 is 0 Å². The Morgan fingerprint density at radius 3 is 2.40 bits per heavy atom. The van der Waals surface area contributed by atoms with E-state index in [1.54, 1.807) is 24.3 Å². The SMILES string of the molecule is C=CCC1CCC(c2ccc(C#Cc3ccc4c(F)c(F)ccc4c3)c(F)c2)CC1. The third-order valence-corrected chi connectivity index (χ3v) is 6.06. The van der Waals surface area contributed by atoms with Gasteiger partial charge in [-0.2, -0.15) is 0 Å². The number of hydrogen-bond donors (Lipinski definition) is 0. The second-order valence-corrected chi connectivity index (χ2v) is 8.03. The van der Waals surface area contributed by atoms with Crippen LogP contribution in [0.1, 0.15) is 54.7 Å². The Labute approximate surface area is 175 Å². The maximum Gasteiger partial charge on any atom is 0.166 e. The van der Waals surface area contributed by atoms with Crippen LogP contribution in [-0.4, -0.2) is 0 Å². The monoisotopic (exact) mass is 404 g/mol. The molecular formula is C27H23F3. The molecule has 0 aliphatic heterocycles. The highest BCUT2D eigenvalue weighted by Crippen LogP contribution is 2.37. The molecule has 1 fully saturated rings. The predicted octanol–water partition coefficient (Wildman–Crippen LogP) is 7.51. The summed E-state index contributed by atoms with van der Waals surface area (Å²) in [7, 11) is 0. The van der Waals surface area contributed by atoms with Crippen LogP contribution in [0.5, 0.6) is 0 Å². The summed E-state index contributed by atoms with van der Waals surface area (Å²) in [4.78, 5) is 0. The van der Waals surface area contributed by atoms with Gasteiger partial charge in [-0.3, -0.25) is 0 Å². The highest BCUT2D eigenvalue weighted by atomic mass is 19.2. The van der Waals surface area contributed by atoms with E-state index in [2.05, 4.69) is 18.4 Å². The fourth-order valence-electron chi connectivity index (χ4n) is 4.34. The molecule has 3 heteroatoms. The number of rotatable bonds is 3. The van der Waals surface area contributed by atoms with E-state index in [9.17, 15) is 13.2 Å². The number of allylic oxidation sites excluding steroid dienone is 1. The first-order valence-electron chi connectivity index (χ1n) is 10.4. The summed E-state index contributed by atoms with van der Waals surface area (Å²) in [6.07, 6.45) is 7.53. The molecule has 0 saturated heterocycles. The van der Waals surface area contributed by atoms with Gasteiger partial charge in [0.1, 0.15) is 5.82 Å². The lowest BCUT2D eigenvalue weighted by Crippen LogP contribution is -2.13. The highest BCUT2D eigenvalue weighted by molar-refractivity contribution is 5.84. The van der Waals surface area contributed by atoms with Gasteiger partial charge in [-0.1, -0.05) is 36.1 Å². The molecule has 3 aromatic carbocycles. The quantitative estimate of drug-likeness (QED) is 0.313. The van der Waals surface area contributed by atoms with Gasteiger partial charge >= 0.3 is 0 Å². The first-order valence-corrected chi connectivity index (χ1v) is 10.4. The van der Waals surface area contributed by atoms with Crippen LogP contribution in [0.2, 0.25) is 0 Å². The van der Waals surface area contributed by atoms with Gasteiger partial charge in [0.15, 0.2) is 11.6 Å². The van der Waals surface area contributed by atoms with E-state index in [4.69, 9.17) is 0 Å². The van der Waals surface area contributed by atoms with Crippen LogP contribution >= 0.6 is 0 Å². The van der Waals surface area contributed by atoms with Crippen LogP contribution in [0.3, 0.4) is 0 Å². The van der Waals surface area contributed by atoms with Crippen LogP contribution in [0.4, 0.5) is 13.2 Å². The van der Waals surface area contributed by atoms with Crippen molar-refractivity contribution < 1.29 is 13.2 Å². The predicted molar refractivity (Wildman–Crippen MR) is 116 cm³/mol. The van der Waals surface area contributed by atoms with Crippen molar-refractivity contribution in [2.75, 3.05) is 0 Å². The number of benzene rings is 3. The standard InChI is InChI=1S/C27H23F3/c1-2-3-18-4-8-20(9-5-18)22-12-11-21(26(29)17-22)10-6-19-7-14-24-23(16-19)13-15-25(28)27(24)30/h2,7,11-18,20H,1,3-5,8-9H2. The molecule has 0 aromatic heterocycles. The lowest BCUT2D eigenvalue weighted by Gasteiger charge is -2.28. The zero-order valence-electron chi connectivity index (χ0n) is 16.7. The molecule has 0 unspecified atom stereocenters. The Bertz CT molecular complexity index is 1140. The molecule has 1 aliphatic rings. The Hall–Kier alpha value is -2.99. The highest BCUT2D eigenvalue weighted by Gasteiger charge is 2.22. The summed E-state index contributed by atoms with van der Waals surface area (Å²) in [6.45, 7) is 3.82.